The number of hydrogen-bond donors (Lipinski definition) is 0. The zero-order chi connectivity index (χ0) is 16.6. The van der Waals surface area contributed by atoms with Crippen LogP contribution in [-0.2, 0) is 0 Å². The van der Waals surface area contributed by atoms with Crippen LogP contribution in [0.1, 0.15) is 0 Å². The average molecular weight is 375 g/mol. The predicted molar refractivity (Wildman–Crippen MR) is 81.6 cm³/mol. The molecule has 20 heavy (non-hydrogen) atoms. The second kappa shape index (κ2) is 6.45. The summed E-state index contributed by atoms with van der Waals surface area (Å²) in [5.74, 6) is 0. The van der Waals surface area contributed by atoms with Crippen molar-refractivity contribution in [1.29, 1.82) is 0 Å². The van der Waals surface area contributed by atoms with Crippen molar-refractivity contribution >= 4 is 37.7 Å². The van der Waals surface area contributed by atoms with Gasteiger partial charge < -0.3 is 0 Å². The van der Waals surface area contributed by atoms with Gasteiger partial charge in [0.1, 0.15) is 9.75 Å². The highest BCUT2D eigenvalue weighted by Crippen LogP contribution is 2.49. The third-order valence-electron chi connectivity index (χ3n) is 2.42. The molecule has 0 aromatic carbocycles. The van der Waals surface area contributed by atoms with Gasteiger partial charge in [-0.1, -0.05) is 60.9 Å². The molecule has 0 heterocycles. The molecule has 0 aliphatic heterocycles. The van der Waals surface area contributed by atoms with E-state index in [9.17, 15) is 26.3 Å². The molecule has 0 nitrogen and oxygen atoms in total. The minimum atomic E-state index is -4.46. The largest absolute Gasteiger partial charge is 0.398 e. The smallest absolute Gasteiger partial charge is 0.170 e. The first-order valence-corrected chi connectivity index (χ1v) is 15.4. The maximum absolute atomic E-state index is 13.0. The van der Waals surface area contributed by atoms with Crippen LogP contribution in [0.2, 0.25) is 39.3 Å². The van der Waals surface area contributed by atoms with Crippen LogP contribution >= 0.6 is 21.6 Å². The van der Waals surface area contributed by atoms with E-state index in [1.165, 1.54) is 39.3 Å². The lowest BCUT2D eigenvalue weighted by molar-refractivity contribution is -0.117. The summed E-state index contributed by atoms with van der Waals surface area (Å²) in [5.41, 5.74) is 0. The van der Waals surface area contributed by atoms with Crippen molar-refractivity contribution in [2.75, 3.05) is 0 Å². The molecule has 0 N–H and O–H groups in total. The zero-order valence-corrected chi connectivity index (χ0v) is 15.9. The van der Waals surface area contributed by atoms with Crippen LogP contribution in [0.5, 0.6) is 0 Å². The Kier molecular flexibility index (Phi) is 6.68. The van der Waals surface area contributed by atoms with Crippen LogP contribution in [0, 0.1) is 0 Å². The first-order chi connectivity index (χ1) is 8.47. The van der Waals surface area contributed by atoms with Crippen molar-refractivity contribution in [2.45, 2.75) is 61.4 Å². The summed E-state index contributed by atoms with van der Waals surface area (Å²) in [7, 11) is -4.55. The lowest BCUT2D eigenvalue weighted by atomic mass is 10.8. The van der Waals surface area contributed by atoms with Gasteiger partial charge >= 0.3 is 12.4 Å². The molecular formula is C10H20F6S2Si2. The molecule has 2 atom stereocenters. The van der Waals surface area contributed by atoms with E-state index in [1.54, 1.807) is 0 Å². The van der Waals surface area contributed by atoms with Crippen molar-refractivity contribution in [2.24, 2.45) is 0 Å². The van der Waals surface area contributed by atoms with Gasteiger partial charge in [-0.05, 0) is 0 Å². The van der Waals surface area contributed by atoms with Crippen LogP contribution < -0.4 is 0 Å². The van der Waals surface area contributed by atoms with E-state index in [4.69, 9.17) is 0 Å². The van der Waals surface area contributed by atoms with E-state index in [1.807, 2.05) is 0 Å². The fourth-order valence-corrected chi connectivity index (χ4v) is 13.7. The van der Waals surface area contributed by atoms with E-state index < -0.39 is 38.2 Å². The molecule has 122 valence electrons. The minimum absolute atomic E-state index is 0.365. The summed E-state index contributed by atoms with van der Waals surface area (Å²) < 4.78 is 77.9. The van der Waals surface area contributed by atoms with Crippen LogP contribution in [0.25, 0.3) is 0 Å². The topological polar surface area (TPSA) is 0 Å². The fourth-order valence-electron chi connectivity index (χ4n) is 1.49. The van der Waals surface area contributed by atoms with E-state index in [0.717, 1.165) is 0 Å². The Morgan fingerprint density at radius 2 is 0.800 bits per heavy atom. The first-order valence-electron chi connectivity index (χ1n) is 5.93. The Labute approximate surface area is 125 Å². The van der Waals surface area contributed by atoms with Gasteiger partial charge in [0.15, 0.2) is 0 Å². The third kappa shape index (κ3) is 6.65. The first kappa shape index (κ1) is 20.7. The van der Waals surface area contributed by atoms with Crippen LogP contribution in [-0.4, -0.2) is 38.2 Å². The quantitative estimate of drug-likeness (QED) is 0.330. The highest BCUT2D eigenvalue weighted by atomic mass is 33.1. The fraction of sp³-hybridized carbons (Fsp3) is 1.00. The molecule has 0 spiro atoms. The van der Waals surface area contributed by atoms with Crippen LogP contribution in [0.4, 0.5) is 26.3 Å². The number of halogens is 6. The second-order valence-electron chi connectivity index (χ2n) is 6.77. The van der Waals surface area contributed by atoms with Crippen molar-refractivity contribution in [3.05, 3.63) is 0 Å². The van der Waals surface area contributed by atoms with Gasteiger partial charge in [0.25, 0.3) is 0 Å². The molecule has 0 bridgehead atoms. The molecule has 0 aliphatic carbocycles. The second-order valence-corrected chi connectivity index (χ2v) is 20.7. The molecule has 0 saturated heterocycles. The molecule has 0 aromatic heterocycles. The molecule has 2 unspecified atom stereocenters. The standard InChI is InChI=1S/C10H20F6S2Si2/c1-19(2,3)7(9(11,12)13)17-18-8(10(14,15)16)20(4,5)6/h7-8H,1-6H3. The van der Waals surface area contributed by atoms with Gasteiger partial charge in [0.05, 0.1) is 16.1 Å². The molecule has 0 aliphatic rings. The van der Waals surface area contributed by atoms with Crippen LogP contribution in [0.15, 0.2) is 0 Å². The molecular weight excluding hydrogens is 354 g/mol. The zero-order valence-electron chi connectivity index (χ0n) is 12.2. The van der Waals surface area contributed by atoms with Gasteiger partial charge in [-0.2, -0.15) is 26.3 Å². The summed E-state index contributed by atoms with van der Waals surface area (Å²) >= 11 is 0. The monoisotopic (exact) mass is 374 g/mol. The highest BCUT2D eigenvalue weighted by molar-refractivity contribution is 8.77. The number of alkyl halides is 6. The maximum Gasteiger partial charge on any atom is 0.398 e. The highest BCUT2D eigenvalue weighted by Gasteiger charge is 2.53. The van der Waals surface area contributed by atoms with Gasteiger partial charge in [-0.25, -0.2) is 0 Å². The van der Waals surface area contributed by atoms with E-state index in [0.29, 0.717) is 21.6 Å². The van der Waals surface area contributed by atoms with Crippen molar-refractivity contribution in [1.82, 2.24) is 0 Å². The number of hydrogen-bond acceptors (Lipinski definition) is 2. The van der Waals surface area contributed by atoms with E-state index in [2.05, 4.69) is 0 Å². The summed E-state index contributed by atoms with van der Waals surface area (Å²) in [6.45, 7) is 9.14. The van der Waals surface area contributed by atoms with Crippen molar-refractivity contribution in [3.63, 3.8) is 0 Å². The van der Waals surface area contributed by atoms with Gasteiger partial charge in [0, 0.05) is 0 Å². The van der Waals surface area contributed by atoms with Crippen molar-refractivity contribution in [3.8, 4) is 0 Å². The SMILES string of the molecule is C[Si](C)(C)C(SSC(C(F)(F)F)[Si](C)(C)C)C(F)(F)F. The van der Waals surface area contributed by atoms with Gasteiger partial charge in [-0.15, -0.1) is 0 Å². The summed E-state index contributed by atoms with van der Waals surface area (Å²) in [4.78, 5) is -3.39. The Morgan fingerprint density at radius 3 is 0.900 bits per heavy atom. The van der Waals surface area contributed by atoms with Crippen molar-refractivity contribution < 1.29 is 26.3 Å². The normalized spacial score (nSPS) is 18.0. The minimum Gasteiger partial charge on any atom is -0.170 e. The molecule has 0 aromatic rings. The summed E-state index contributed by atoms with van der Waals surface area (Å²) in [5, 5.41) is 0. The number of rotatable bonds is 5. The molecule has 0 radical (unpaired) electrons. The van der Waals surface area contributed by atoms with Gasteiger partial charge in [-0.3, -0.25) is 0 Å². The maximum atomic E-state index is 13.0. The molecule has 0 amide bonds. The van der Waals surface area contributed by atoms with Gasteiger partial charge in [0.2, 0.25) is 0 Å². The molecule has 0 fully saturated rings. The average Bonchev–Trinajstić information content (AvgIpc) is 2.02. The lowest BCUT2D eigenvalue weighted by Gasteiger charge is -2.34. The lowest BCUT2D eigenvalue weighted by Crippen LogP contribution is -2.48. The summed E-state index contributed by atoms with van der Waals surface area (Å²) in [6, 6.07) is 0. The Balaban J connectivity index is 5.10. The Morgan fingerprint density at radius 1 is 0.600 bits per heavy atom. The van der Waals surface area contributed by atoms with E-state index in [-0.39, 0.29) is 0 Å². The Bertz CT molecular complexity index is 256. The molecule has 10 heteroatoms. The van der Waals surface area contributed by atoms with E-state index >= 15 is 0 Å². The van der Waals surface area contributed by atoms with Crippen LogP contribution in [0.3, 0.4) is 0 Å². The molecule has 0 rings (SSSR count). The molecule has 0 saturated carbocycles. The third-order valence-corrected chi connectivity index (χ3v) is 14.7. The summed E-state index contributed by atoms with van der Waals surface area (Å²) in [6.07, 6.45) is -8.92. The Hall–Kier alpha value is 0.714. The predicted octanol–water partition coefficient (Wildman–Crippen LogP) is 5.98.